The molecule has 1 saturated heterocycles. The number of hydrogen-bond acceptors (Lipinski definition) is 7. The van der Waals surface area contributed by atoms with Crippen molar-refractivity contribution in [2.24, 2.45) is 4.99 Å². The van der Waals surface area contributed by atoms with E-state index in [1.807, 2.05) is 4.90 Å². The Kier molecular flexibility index (Phi) is 4.78. The van der Waals surface area contributed by atoms with Crippen molar-refractivity contribution in [3.05, 3.63) is 57.2 Å². The van der Waals surface area contributed by atoms with Crippen LogP contribution in [0.5, 0.6) is 0 Å². The Morgan fingerprint density at radius 3 is 2.74 bits per heavy atom. The van der Waals surface area contributed by atoms with Gasteiger partial charge in [0.15, 0.2) is 5.17 Å². The van der Waals surface area contributed by atoms with E-state index in [4.69, 9.17) is 9.15 Å². The van der Waals surface area contributed by atoms with Crippen LogP contribution in [0.3, 0.4) is 0 Å². The number of carbonyl (C=O) groups excluding carboxylic acids is 1. The van der Waals surface area contributed by atoms with Crippen LogP contribution in [0.2, 0.25) is 0 Å². The number of aliphatic imine (C=N–C) groups is 1. The van der Waals surface area contributed by atoms with Gasteiger partial charge in [0.25, 0.3) is 11.6 Å². The average molecular weight is 385 g/mol. The lowest BCUT2D eigenvalue weighted by Crippen LogP contribution is -2.38. The molecule has 0 atom stereocenters. The Labute approximate surface area is 158 Å². The molecule has 0 saturated carbocycles. The maximum absolute atomic E-state index is 12.2. The molecule has 0 bridgehead atoms. The Hall–Kier alpha value is -2.91. The molecule has 0 spiro atoms. The number of furan rings is 1. The fourth-order valence-electron chi connectivity index (χ4n) is 2.83. The van der Waals surface area contributed by atoms with Gasteiger partial charge in [-0.05, 0) is 30.0 Å². The molecule has 1 fully saturated rings. The third-order valence-corrected chi connectivity index (χ3v) is 5.20. The van der Waals surface area contributed by atoms with E-state index in [-0.39, 0.29) is 11.6 Å². The fourth-order valence-corrected chi connectivity index (χ4v) is 3.78. The molecule has 138 valence electrons. The first-order valence-electron chi connectivity index (χ1n) is 8.31. The SMILES string of the molecule is O=C1N=C(N2CCOCC2)S/C1=C/c1ccc(-c2ccccc2[N+](=O)[O-])o1. The van der Waals surface area contributed by atoms with Crippen LogP contribution >= 0.6 is 11.8 Å². The lowest BCUT2D eigenvalue weighted by Gasteiger charge is -2.27. The summed E-state index contributed by atoms with van der Waals surface area (Å²) in [5.74, 6) is 0.501. The monoisotopic (exact) mass is 385 g/mol. The number of hydrogen-bond donors (Lipinski definition) is 0. The van der Waals surface area contributed by atoms with Crippen molar-refractivity contribution in [2.75, 3.05) is 26.3 Å². The summed E-state index contributed by atoms with van der Waals surface area (Å²) in [7, 11) is 0. The zero-order chi connectivity index (χ0) is 18.8. The fraction of sp³-hybridized carbons (Fsp3) is 0.222. The Morgan fingerprint density at radius 2 is 1.96 bits per heavy atom. The molecule has 2 aliphatic heterocycles. The van der Waals surface area contributed by atoms with Gasteiger partial charge in [0.2, 0.25) is 0 Å². The Morgan fingerprint density at radius 1 is 1.19 bits per heavy atom. The number of ether oxygens (including phenoxy) is 1. The minimum absolute atomic E-state index is 0.0321. The van der Waals surface area contributed by atoms with Crippen molar-refractivity contribution in [1.82, 2.24) is 4.90 Å². The Bertz CT molecular complexity index is 959. The predicted octanol–water partition coefficient (Wildman–Crippen LogP) is 3.16. The van der Waals surface area contributed by atoms with Gasteiger partial charge in [-0.1, -0.05) is 12.1 Å². The maximum Gasteiger partial charge on any atom is 0.286 e. The number of rotatable bonds is 3. The zero-order valence-corrected chi connectivity index (χ0v) is 15.0. The van der Waals surface area contributed by atoms with Gasteiger partial charge in [-0.2, -0.15) is 4.99 Å². The van der Waals surface area contributed by atoms with E-state index in [1.54, 1.807) is 36.4 Å². The lowest BCUT2D eigenvalue weighted by molar-refractivity contribution is -0.384. The Balaban J connectivity index is 1.55. The van der Waals surface area contributed by atoms with Gasteiger partial charge in [0.1, 0.15) is 11.5 Å². The molecule has 0 radical (unpaired) electrons. The standard InChI is InChI=1S/C18H15N3O5S/c22-17-16(27-18(19-17)20-7-9-25-10-8-20)11-12-5-6-15(26-12)13-3-1-2-4-14(13)21(23)24/h1-6,11H,7-10H2/b16-11+. The largest absolute Gasteiger partial charge is 0.456 e. The summed E-state index contributed by atoms with van der Waals surface area (Å²) in [6.45, 7) is 2.64. The normalized spacial score (nSPS) is 18.8. The predicted molar refractivity (Wildman–Crippen MR) is 101 cm³/mol. The molecule has 0 N–H and O–H groups in total. The van der Waals surface area contributed by atoms with E-state index in [0.717, 1.165) is 0 Å². The van der Waals surface area contributed by atoms with Gasteiger partial charge in [-0.25, -0.2) is 0 Å². The molecule has 1 aromatic heterocycles. The second-order valence-corrected chi connectivity index (χ2v) is 6.89. The molecular formula is C18H15N3O5S. The smallest absolute Gasteiger partial charge is 0.286 e. The summed E-state index contributed by atoms with van der Waals surface area (Å²) >= 11 is 1.30. The number of amidine groups is 1. The molecule has 0 aliphatic carbocycles. The summed E-state index contributed by atoms with van der Waals surface area (Å²) in [5.41, 5.74) is 0.359. The van der Waals surface area contributed by atoms with Crippen LogP contribution in [0.15, 0.2) is 50.7 Å². The molecule has 8 nitrogen and oxygen atoms in total. The highest BCUT2D eigenvalue weighted by Gasteiger charge is 2.27. The zero-order valence-electron chi connectivity index (χ0n) is 14.2. The third-order valence-electron chi connectivity index (χ3n) is 4.16. The van der Waals surface area contributed by atoms with Crippen molar-refractivity contribution in [1.29, 1.82) is 0 Å². The van der Waals surface area contributed by atoms with Crippen LogP contribution in [-0.4, -0.2) is 47.2 Å². The molecule has 1 amide bonds. The molecule has 27 heavy (non-hydrogen) atoms. The molecule has 2 aromatic rings. The van der Waals surface area contributed by atoms with Crippen molar-refractivity contribution >= 4 is 34.6 Å². The van der Waals surface area contributed by atoms with Crippen LogP contribution in [-0.2, 0) is 9.53 Å². The number of nitrogens with zero attached hydrogens (tertiary/aromatic N) is 3. The van der Waals surface area contributed by atoms with Crippen molar-refractivity contribution in [3.8, 4) is 11.3 Å². The maximum atomic E-state index is 12.2. The van der Waals surface area contributed by atoms with Gasteiger partial charge >= 0.3 is 0 Å². The van der Waals surface area contributed by atoms with Gasteiger partial charge in [0.05, 0.1) is 28.6 Å². The summed E-state index contributed by atoms with van der Waals surface area (Å²) in [4.78, 5) is 29.5. The lowest BCUT2D eigenvalue weighted by atomic mass is 10.1. The van der Waals surface area contributed by atoms with Crippen LogP contribution in [0.25, 0.3) is 17.4 Å². The molecule has 1 aromatic carbocycles. The van der Waals surface area contributed by atoms with Crippen LogP contribution < -0.4 is 0 Å². The van der Waals surface area contributed by atoms with E-state index in [0.29, 0.717) is 53.5 Å². The summed E-state index contributed by atoms with van der Waals surface area (Å²) in [6, 6.07) is 9.70. The van der Waals surface area contributed by atoms with E-state index in [2.05, 4.69) is 4.99 Å². The van der Waals surface area contributed by atoms with Crippen LogP contribution in [0, 0.1) is 10.1 Å². The first-order chi connectivity index (χ1) is 13.1. The molecule has 4 rings (SSSR count). The minimum Gasteiger partial charge on any atom is -0.456 e. The summed E-state index contributed by atoms with van der Waals surface area (Å²) < 4.78 is 11.0. The number of morpholine rings is 1. The first kappa shape index (κ1) is 17.5. The van der Waals surface area contributed by atoms with E-state index in [1.165, 1.54) is 17.8 Å². The van der Waals surface area contributed by atoms with Gasteiger partial charge < -0.3 is 14.1 Å². The highest BCUT2D eigenvalue weighted by molar-refractivity contribution is 8.18. The summed E-state index contributed by atoms with van der Waals surface area (Å²) in [5, 5.41) is 11.9. The van der Waals surface area contributed by atoms with Gasteiger partial charge in [-0.3, -0.25) is 14.9 Å². The van der Waals surface area contributed by atoms with E-state index < -0.39 is 4.92 Å². The topological polar surface area (TPSA) is 98.2 Å². The van der Waals surface area contributed by atoms with E-state index in [9.17, 15) is 14.9 Å². The number of nitro groups is 1. The number of amides is 1. The van der Waals surface area contributed by atoms with Crippen LogP contribution in [0.4, 0.5) is 5.69 Å². The number of thioether (sulfide) groups is 1. The summed E-state index contributed by atoms with van der Waals surface area (Å²) in [6.07, 6.45) is 1.61. The number of benzene rings is 1. The minimum atomic E-state index is -0.450. The molecule has 0 unspecified atom stereocenters. The van der Waals surface area contributed by atoms with Crippen molar-refractivity contribution in [2.45, 2.75) is 0 Å². The van der Waals surface area contributed by atoms with Gasteiger partial charge in [0, 0.05) is 25.2 Å². The third kappa shape index (κ3) is 3.64. The van der Waals surface area contributed by atoms with Crippen molar-refractivity contribution in [3.63, 3.8) is 0 Å². The van der Waals surface area contributed by atoms with Crippen molar-refractivity contribution < 1.29 is 18.9 Å². The number of carbonyl (C=O) groups is 1. The van der Waals surface area contributed by atoms with Crippen LogP contribution in [0.1, 0.15) is 5.76 Å². The highest BCUT2D eigenvalue weighted by atomic mass is 32.2. The molecule has 3 heterocycles. The number of para-hydroxylation sites is 1. The quantitative estimate of drug-likeness (QED) is 0.455. The average Bonchev–Trinajstić information content (AvgIpc) is 3.30. The first-order valence-corrected chi connectivity index (χ1v) is 9.12. The molecule has 9 heteroatoms. The highest BCUT2D eigenvalue weighted by Crippen LogP contribution is 2.34. The molecule has 2 aliphatic rings. The number of nitro benzene ring substituents is 1. The second kappa shape index (κ2) is 7.37. The van der Waals surface area contributed by atoms with Gasteiger partial charge in [-0.15, -0.1) is 0 Å². The van der Waals surface area contributed by atoms with E-state index >= 15 is 0 Å². The molecular weight excluding hydrogens is 370 g/mol. The second-order valence-electron chi connectivity index (χ2n) is 5.89.